The first-order valence-electron chi connectivity index (χ1n) is 8.30. The fraction of sp³-hybridized carbons (Fsp3) is 0.938. The molecule has 5 heteroatoms. The Bertz CT molecular complexity index is 348. The zero-order valence-corrected chi connectivity index (χ0v) is 14.0. The summed E-state index contributed by atoms with van der Waals surface area (Å²) >= 11 is 0. The molecule has 2 rings (SSSR count). The van der Waals surface area contributed by atoms with E-state index in [2.05, 4.69) is 17.1 Å². The van der Waals surface area contributed by atoms with Crippen molar-refractivity contribution in [3.63, 3.8) is 0 Å². The van der Waals surface area contributed by atoms with Crippen LogP contribution >= 0.6 is 0 Å². The highest BCUT2D eigenvalue weighted by atomic mass is 16.6. The molecule has 2 unspecified atom stereocenters. The third-order valence-corrected chi connectivity index (χ3v) is 4.09. The summed E-state index contributed by atoms with van der Waals surface area (Å²) in [5.41, 5.74) is -0.411. The normalized spacial score (nSPS) is 25.3. The second-order valence-electron chi connectivity index (χ2n) is 7.49. The van der Waals surface area contributed by atoms with Crippen molar-refractivity contribution in [2.45, 2.75) is 64.6 Å². The van der Waals surface area contributed by atoms with Gasteiger partial charge in [-0.05, 0) is 60.0 Å². The van der Waals surface area contributed by atoms with E-state index in [0.29, 0.717) is 12.1 Å². The summed E-state index contributed by atoms with van der Waals surface area (Å²) in [6.07, 6.45) is 3.51. The van der Waals surface area contributed by atoms with Gasteiger partial charge in [0.05, 0.1) is 0 Å². The van der Waals surface area contributed by atoms with Crippen molar-refractivity contribution in [2.75, 3.05) is 32.7 Å². The molecule has 2 aliphatic rings. The van der Waals surface area contributed by atoms with Crippen LogP contribution in [0, 0.1) is 0 Å². The van der Waals surface area contributed by atoms with Crippen molar-refractivity contribution in [3.8, 4) is 0 Å². The standard InChI is InChI=1S/C16H31N3O2/c1-13(11-18-8-5-6-9-18)17-14-7-10-19(12-14)15(20)21-16(2,3)4/h13-14,17H,5-12H2,1-4H3. The van der Waals surface area contributed by atoms with Crippen molar-refractivity contribution in [1.82, 2.24) is 15.1 Å². The van der Waals surface area contributed by atoms with Crippen LogP contribution in [0.5, 0.6) is 0 Å². The Morgan fingerprint density at radius 1 is 1.29 bits per heavy atom. The lowest BCUT2D eigenvalue weighted by atomic mass is 10.2. The monoisotopic (exact) mass is 297 g/mol. The number of nitrogens with one attached hydrogen (secondary N) is 1. The van der Waals surface area contributed by atoms with Crippen LogP contribution in [0.2, 0.25) is 0 Å². The molecule has 0 radical (unpaired) electrons. The van der Waals surface area contributed by atoms with E-state index in [1.165, 1.54) is 25.9 Å². The molecule has 0 spiro atoms. The number of rotatable bonds is 4. The first kappa shape index (κ1) is 16.6. The van der Waals surface area contributed by atoms with Crippen LogP contribution in [-0.2, 0) is 4.74 Å². The molecule has 0 aliphatic carbocycles. The van der Waals surface area contributed by atoms with E-state index in [1.807, 2.05) is 25.7 Å². The maximum absolute atomic E-state index is 12.0. The molecular weight excluding hydrogens is 266 g/mol. The molecule has 0 aromatic rings. The molecule has 0 saturated carbocycles. The van der Waals surface area contributed by atoms with Crippen molar-refractivity contribution >= 4 is 6.09 Å². The predicted octanol–water partition coefficient (Wildman–Crippen LogP) is 2.07. The Labute approximate surface area is 129 Å². The van der Waals surface area contributed by atoms with Crippen LogP contribution in [0.3, 0.4) is 0 Å². The van der Waals surface area contributed by atoms with E-state index in [9.17, 15) is 4.79 Å². The number of hydrogen-bond donors (Lipinski definition) is 1. The number of carbonyl (C=O) groups is 1. The quantitative estimate of drug-likeness (QED) is 0.863. The van der Waals surface area contributed by atoms with Gasteiger partial charge in [-0.1, -0.05) is 0 Å². The summed E-state index contributed by atoms with van der Waals surface area (Å²) in [4.78, 5) is 16.4. The Morgan fingerprint density at radius 2 is 1.95 bits per heavy atom. The molecule has 2 fully saturated rings. The molecule has 0 aromatic heterocycles. The Kier molecular flexibility index (Phi) is 5.49. The molecule has 21 heavy (non-hydrogen) atoms. The first-order chi connectivity index (χ1) is 9.83. The van der Waals surface area contributed by atoms with Crippen LogP contribution in [0.15, 0.2) is 0 Å². The van der Waals surface area contributed by atoms with Crippen molar-refractivity contribution in [2.24, 2.45) is 0 Å². The summed E-state index contributed by atoms with van der Waals surface area (Å²) in [5.74, 6) is 0. The second-order valence-corrected chi connectivity index (χ2v) is 7.49. The Balaban J connectivity index is 1.70. The van der Waals surface area contributed by atoms with Crippen LogP contribution in [0.25, 0.3) is 0 Å². The molecule has 1 N–H and O–H groups in total. The SMILES string of the molecule is CC(CN1CCCC1)NC1CCN(C(=O)OC(C)(C)C)C1. The molecule has 0 bridgehead atoms. The average Bonchev–Trinajstić information content (AvgIpc) is 2.98. The number of amides is 1. The summed E-state index contributed by atoms with van der Waals surface area (Å²) in [6.45, 7) is 13.1. The third-order valence-electron chi connectivity index (χ3n) is 4.09. The molecule has 2 saturated heterocycles. The van der Waals surface area contributed by atoms with Gasteiger partial charge >= 0.3 is 6.09 Å². The minimum absolute atomic E-state index is 0.181. The number of likely N-dealkylation sites (tertiary alicyclic amines) is 2. The lowest BCUT2D eigenvalue weighted by Crippen LogP contribution is -2.45. The highest BCUT2D eigenvalue weighted by Gasteiger charge is 2.30. The van der Waals surface area contributed by atoms with Gasteiger partial charge in [0, 0.05) is 31.7 Å². The number of nitrogens with zero attached hydrogens (tertiary/aromatic N) is 2. The zero-order valence-electron chi connectivity index (χ0n) is 14.0. The molecule has 122 valence electrons. The minimum atomic E-state index is -0.411. The summed E-state index contributed by atoms with van der Waals surface area (Å²) in [7, 11) is 0. The van der Waals surface area contributed by atoms with Crippen LogP contribution < -0.4 is 5.32 Å². The number of ether oxygens (including phenoxy) is 1. The second kappa shape index (κ2) is 6.97. The molecule has 5 nitrogen and oxygen atoms in total. The van der Waals surface area contributed by atoms with Crippen LogP contribution in [-0.4, -0.2) is 66.3 Å². The summed E-state index contributed by atoms with van der Waals surface area (Å²) in [5, 5.41) is 3.66. The lowest BCUT2D eigenvalue weighted by molar-refractivity contribution is 0.0290. The fourth-order valence-corrected chi connectivity index (χ4v) is 3.20. The summed E-state index contributed by atoms with van der Waals surface area (Å²) < 4.78 is 5.43. The third kappa shape index (κ3) is 5.47. The Morgan fingerprint density at radius 3 is 2.57 bits per heavy atom. The van der Waals surface area contributed by atoms with E-state index in [1.54, 1.807) is 0 Å². The van der Waals surface area contributed by atoms with E-state index >= 15 is 0 Å². The maximum atomic E-state index is 12.0. The van der Waals surface area contributed by atoms with Gasteiger partial charge < -0.3 is 19.9 Å². The van der Waals surface area contributed by atoms with Gasteiger partial charge in [-0.2, -0.15) is 0 Å². The molecule has 0 aromatic carbocycles. The van der Waals surface area contributed by atoms with E-state index < -0.39 is 5.60 Å². The maximum Gasteiger partial charge on any atom is 0.410 e. The number of carbonyl (C=O) groups excluding carboxylic acids is 1. The van der Waals surface area contributed by atoms with Gasteiger partial charge in [0.1, 0.15) is 5.60 Å². The topological polar surface area (TPSA) is 44.8 Å². The largest absolute Gasteiger partial charge is 0.444 e. The minimum Gasteiger partial charge on any atom is -0.444 e. The van der Waals surface area contributed by atoms with Crippen LogP contribution in [0.1, 0.15) is 47.0 Å². The van der Waals surface area contributed by atoms with Gasteiger partial charge in [-0.25, -0.2) is 4.79 Å². The fourth-order valence-electron chi connectivity index (χ4n) is 3.20. The van der Waals surface area contributed by atoms with Gasteiger partial charge in [-0.3, -0.25) is 0 Å². The Hall–Kier alpha value is -0.810. The molecule has 2 aliphatic heterocycles. The van der Waals surface area contributed by atoms with Crippen molar-refractivity contribution < 1.29 is 9.53 Å². The van der Waals surface area contributed by atoms with E-state index in [4.69, 9.17) is 4.74 Å². The highest BCUT2D eigenvalue weighted by Crippen LogP contribution is 2.16. The van der Waals surface area contributed by atoms with Crippen molar-refractivity contribution in [3.05, 3.63) is 0 Å². The van der Waals surface area contributed by atoms with E-state index in [-0.39, 0.29) is 6.09 Å². The molecule has 2 heterocycles. The van der Waals surface area contributed by atoms with Gasteiger partial charge in [0.25, 0.3) is 0 Å². The smallest absolute Gasteiger partial charge is 0.410 e. The molecule has 1 amide bonds. The molecular formula is C16H31N3O2. The van der Waals surface area contributed by atoms with Crippen LogP contribution in [0.4, 0.5) is 4.79 Å². The molecule has 2 atom stereocenters. The van der Waals surface area contributed by atoms with Gasteiger partial charge in [0.15, 0.2) is 0 Å². The first-order valence-corrected chi connectivity index (χ1v) is 8.30. The summed E-state index contributed by atoms with van der Waals surface area (Å²) in [6, 6.07) is 0.877. The van der Waals surface area contributed by atoms with E-state index in [0.717, 1.165) is 26.1 Å². The highest BCUT2D eigenvalue weighted by molar-refractivity contribution is 5.68. The van der Waals surface area contributed by atoms with Crippen molar-refractivity contribution in [1.29, 1.82) is 0 Å². The number of hydrogen-bond acceptors (Lipinski definition) is 4. The average molecular weight is 297 g/mol. The van der Waals surface area contributed by atoms with Gasteiger partial charge in [0.2, 0.25) is 0 Å². The predicted molar refractivity (Wildman–Crippen MR) is 84.5 cm³/mol. The lowest BCUT2D eigenvalue weighted by Gasteiger charge is -2.26. The van der Waals surface area contributed by atoms with Gasteiger partial charge in [-0.15, -0.1) is 0 Å². The zero-order chi connectivity index (χ0) is 15.5.